The van der Waals surface area contributed by atoms with Crippen LogP contribution in [0.25, 0.3) is 0 Å². The van der Waals surface area contributed by atoms with Crippen LogP contribution in [0.4, 0.5) is 8.78 Å². The highest BCUT2D eigenvalue weighted by Gasteiger charge is 2.32. The van der Waals surface area contributed by atoms with Crippen molar-refractivity contribution in [1.82, 2.24) is 0 Å². The molecule has 0 spiro atoms. The summed E-state index contributed by atoms with van der Waals surface area (Å²) in [7, 11) is 0. The Morgan fingerprint density at radius 1 is 1.15 bits per heavy atom. The van der Waals surface area contributed by atoms with Crippen molar-refractivity contribution in [1.29, 1.82) is 0 Å². The van der Waals surface area contributed by atoms with Crippen LogP contribution in [-0.4, -0.2) is 5.71 Å². The fraction of sp³-hybridized carbons (Fsp3) is 0.100. The molecule has 0 aliphatic carbocycles. The van der Waals surface area contributed by atoms with Crippen molar-refractivity contribution in [3.05, 3.63) is 47.0 Å². The lowest BCUT2D eigenvalue weighted by Gasteiger charge is -2.09. The highest BCUT2D eigenvalue weighted by molar-refractivity contribution is 6.14. The normalized spacial score (nSPS) is 22.0. The van der Waals surface area contributed by atoms with Crippen molar-refractivity contribution in [3.63, 3.8) is 0 Å². The molecule has 0 N–H and O–H groups in total. The average Bonchev–Trinajstić information content (AvgIpc) is 2.70. The number of allylic oxidation sites excluding steroid dienone is 1. The summed E-state index contributed by atoms with van der Waals surface area (Å²) in [6.45, 7) is 0. The number of fused-ring (bicyclic) bond motifs is 4. The van der Waals surface area contributed by atoms with Crippen LogP contribution in [0, 0.1) is 11.6 Å². The predicted octanol–water partition coefficient (Wildman–Crippen LogP) is 2.38. The maximum Gasteiger partial charge on any atom is 0.133 e. The zero-order valence-corrected chi connectivity index (χ0v) is 6.59. The molecule has 0 amide bonds. The summed E-state index contributed by atoms with van der Waals surface area (Å²) in [5.41, 5.74) is 1.29. The second-order valence-electron chi connectivity index (χ2n) is 3.14. The SMILES string of the molecule is Fc1ccc(F)c2c1C1=NC2C=C1. The molecule has 1 aromatic rings. The van der Waals surface area contributed by atoms with Crippen LogP contribution in [0.15, 0.2) is 29.3 Å². The summed E-state index contributed by atoms with van der Waals surface area (Å²) in [6.07, 6.45) is 3.51. The zero-order chi connectivity index (χ0) is 9.00. The molecule has 3 rings (SSSR count). The third kappa shape index (κ3) is 0.716. The molecule has 2 heterocycles. The van der Waals surface area contributed by atoms with Gasteiger partial charge >= 0.3 is 0 Å². The average molecular weight is 177 g/mol. The van der Waals surface area contributed by atoms with E-state index in [2.05, 4.69) is 4.99 Å². The standard InChI is InChI=1S/C10H5F2N/c11-5-1-2-6(12)10-8-4-3-7(13-8)9(5)10/h1-4,7H. The lowest BCUT2D eigenvalue weighted by Crippen LogP contribution is -2.04. The Balaban J connectivity index is 2.38. The Morgan fingerprint density at radius 2 is 1.92 bits per heavy atom. The Bertz CT molecular complexity index is 460. The molecule has 1 unspecified atom stereocenters. The molecule has 1 aromatic carbocycles. The van der Waals surface area contributed by atoms with E-state index in [1.54, 1.807) is 12.2 Å². The summed E-state index contributed by atoms with van der Waals surface area (Å²) in [4.78, 5) is 4.12. The minimum Gasteiger partial charge on any atom is -0.272 e. The monoisotopic (exact) mass is 177 g/mol. The van der Waals surface area contributed by atoms with Crippen molar-refractivity contribution < 1.29 is 8.78 Å². The molecule has 0 fully saturated rings. The first-order chi connectivity index (χ1) is 6.27. The molecule has 2 aliphatic heterocycles. The number of halogens is 2. The van der Waals surface area contributed by atoms with Crippen LogP contribution >= 0.6 is 0 Å². The van der Waals surface area contributed by atoms with Gasteiger partial charge < -0.3 is 0 Å². The van der Waals surface area contributed by atoms with Gasteiger partial charge in [-0.25, -0.2) is 8.78 Å². The van der Waals surface area contributed by atoms with Crippen molar-refractivity contribution in [3.8, 4) is 0 Å². The third-order valence-corrected chi connectivity index (χ3v) is 2.41. The van der Waals surface area contributed by atoms with Crippen molar-refractivity contribution in [2.24, 2.45) is 4.99 Å². The number of benzene rings is 1. The summed E-state index contributed by atoms with van der Waals surface area (Å²) in [5, 5.41) is 0. The topological polar surface area (TPSA) is 12.4 Å². The fourth-order valence-corrected chi connectivity index (χ4v) is 1.84. The lowest BCUT2D eigenvalue weighted by molar-refractivity contribution is 0.581. The summed E-state index contributed by atoms with van der Waals surface area (Å²) >= 11 is 0. The molecule has 0 saturated heterocycles. The zero-order valence-electron chi connectivity index (χ0n) is 6.59. The van der Waals surface area contributed by atoms with Gasteiger partial charge in [-0.3, -0.25) is 4.99 Å². The molecule has 13 heavy (non-hydrogen) atoms. The second-order valence-corrected chi connectivity index (χ2v) is 3.14. The molecule has 1 atom stereocenters. The van der Waals surface area contributed by atoms with Crippen LogP contribution in [0.1, 0.15) is 17.2 Å². The van der Waals surface area contributed by atoms with Crippen molar-refractivity contribution in [2.45, 2.75) is 6.04 Å². The second kappa shape index (κ2) is 2.05. The van der Waals surface area contributed by atoms with Gasteiger partial charge in [-0.05, 0) is 18.2 Å². The Labute approximate surface area is 73.4 Å². The van der Waals surface area contributed by atoms with E-state index in [1.807, 2.05) is 0 Å². The van der Waals surface area contributed by atoms with E-state index in [0.717, 1.165) is 12.1 Å². The Kier molecular flexibility index (Phi) is 1.09. The predicted molar refractivity (Wildman–Crippen MR) is 44.8 cm³/mol. The van der Waals surface area contributed by atoms with Gasteiger partial charge in [0.2, 0.25) is 0 Å². The van der Waals surface area contributed by atoms with Crippen LogP contribution in [-0.2, 0) is 0 Å². The highest BCUT2D eigenvalue weighted by atomic mass is 19.1. The first-order valence-corrected chi connectivity index (χ1v) is 4.01. The van der Waals surface area contributed by atoms with Crippen LogP contribution < -0.4 is 0 Å². The van der Waals surface area contributed by atoms with E-state index in [-0.39, 0.29) is 17.7 Å². The molecular weight excluding hydrogens is 172 g/mol. The van der Waals surface area contributed by atoms with Crippen LogP contribution in [0.2, 0.25) is 0 Å². The maximum atomic E-state index is 13.3. The number of rotatable bonds is 0. The smallest absolute Gasteiger partial charge is 0.133 e. The number of hydrogen-bond donors (Lipinski definition) is 0. The lowest BCUT2D eigenvalue weighted by atomic mass is 9.95. The van der Waals surface area contributed by atoms with E-state index >= 15 is 0 Å². The van der Waals surface area contributed by atoms with Gasteiger partial charge in [0.15, 0.2) is 0 Å². The first kappa shape index (κ1) is 6.95. The molecule has 64 valence electrons. The molecular formula is C10H5F2N. The molecule has 2 aliphatic rings. The summed E-state index contributed by atoms with van der Waals surface area (Å²) in [6, 6.07) is 2.00. The van der Waals surface area contributed by atoms with Gasteiger partial charge in [0, 0.05) is 11.1 Å². The van der Waals surface area contributed by atoms with E-state index in [9.17, 15) is 8.78 Å². The molecule has 0 aromatic heterocycles. The minimum absolute atomic E-state index is 0.291. The van der Waals surface area contributed by atoms with E-state index in [0.29, 0.717) is 16.8 Å². The van der Waals surface area contributed by atoms with Gasteiger partial charge in [0.25, 0.3) is 0 Å². The van der Waals surface area contributed by atoms with Gasteiger partial charge in [-0.15, -0.1) is 0 Å². The number of aliphatic imine (C=N–C) groups is 1. The molecule has 1 nitrogen and oxygen atoms in total. The third-order valence-electron chi connectivity index (χ3n) is 2.41. The molecule has 0 saturated carbocycles. The quantitative estimate of drug-likeness (QED) is 0.577. The van der Waals surface area contributed by atoms with Crippen LogP contribution in [0.5, 0.6) is 0 Å². The Morgan fingerprint density at radius 3 is 2.69 bits per heavy atom. The van der Waals surface area contributed by atoms with Crippen molar-refractivity contribution in [2.75, 3.05) is 0 Å². The van der Waals surface area contributed by atoms with E-state index in [4.69, 9.17) is 0 Å². The highest BCUT2D eigenvalue weighted by Crippen LogP contribution is 2.38. The molecule has 0 radical (unpaired) electrons. The summed E-state index contributed by atoms with van der Waals surface area (Å²) < 4.78 is 26.5. The van der Waals surface area contributed by atoms with Gasteiger partial charge in [0.05, 0.1) is 11.8 Å². The largest absolute Gasteiger partial charge is 0.272 e. The molecule has 3 heteroatoms. The number of nitrogens with zero attached hydrogens (tertiary/aromatic N) is 1. The van der Waals surface area contributed by atoms with Gasteiger partial charge in [-0.2, -0.15) is 0 Å². The fourth-order valence-electron chi connectivity index (χ4n) is 1.84. The van der Waals surface area contributed by atoms with Gasteiger partial charge in [0.1, 0.15) is 11.6 Å². The van der Waals surface area contributed by atoms with Crippen LogP contribution in [0.3, 0.4) is 0 Å². The van der Waals surface area contributed by atoms with E-state index in [1.165, 1.54) is 0 Å². The number of hydrogen-bond acceptors (Lipinski definition) is 1. The summed E-state index contributed by atoms with van der Waals surface area (Å²) in [5.74, 6) is -0.758. The van der Waals surface area contributed by atoms with Crippen molar-refractivity contribution >= 4 is 5.71 Å². The van der Waals surface area contributed by atoms with E-state index < -0.39 is 0 Å². The minimum atomic E-state index is -0.387. The Hall–Kier alpha value is -1.51. The maximum absolute atomic E-state index is 13.3. The van der Waals surface area contributed by atoms with Gasteiger partial charge in [-0.1, -0.05) is 6.08 Å². The molecule has 2 bridgehead atoms. The first-order valence-electron chi connectivity index (χ1n) is 4.01.